The van der Waals surface area contributed by atoms with Crippen molar-refractivity contribution in [1.82, 2.24) is 4.98 Å². The Labute approximate surface area is 101 Å². The quantitative estimate of drug-likeness (QED) is 0.578. The lowest BCUT2D eigenvalue weighted by atomic mass is 10.2. The van der Waals surface area contributed by atoms with Crippen LogP contribution in [0.1, 0.15) is 0 Å². The molecule has 7 heteroatoms. The number of anilines is 2. The highest BCUT2D eigenvalue weighted by molar-refractivity contribution is 7.16. The molecular formula is C10H12N4O2S. The van der Waals surface area contributed by atoms with E-state index in [4.69, 9.17) is 11.5 Å². The maximum atomic E-state index is 10.7. The van der Waals surface area contributed by atoms with Gasteiger partial charge in [0.25, 0.3) is 0 Å². The number of primary amides is 1. The van der Waals surface area contributed by atoms with Crippen LogP contribution in [0.2, 0.25) is 0 Å². The Kier molecular flexibility index (Phi) is 3.12. The summed E-state index contributed by atoms with van der Waals surface area (Å²) in [5.74, 6) is -0.772. The third-order valence-corrected chi connectivity index (χ3v) is 3.15. The normalized spacial score (nSPS) is 12.5. The molecule has 0 bridgehead atoms. The van der Waals surface area contributed by atoms with Gasteiger partial charge in [-0.25, -0.2) is 4.98 Å². The van der Waals surface area contributed by atoms with Crippen molar-refractivity contribution in [2.24, 2.45) is 5.73 Å². The van der Waals surface area contributed by atoms with Gasteiger partial charge in [0.2, 0.25) is 5.91 Å². The second-order valence-electron chi connectivity index (χ2n) is 3.52. The van der Waals surface area contributed by atoms with E-state index in [0.29, 0.717) is 16.9 Å². The maximum absolute atomic E-state index is 10.7. The number of aliphatic hydroxyl groups excluding tert-OH is 1. The summed E-state index contributed by atoms with van der Waals surface area (Å²) in [6.07, 6.45) is -1.24. The van der Waals surface area contributed by atoms with E-state index in [1.807, 2.05) is 6.07 Å². The predicted octanol–water partition coefficient (Wildman–Crippen LogP) is 0.137. The summed E-state index contributed by atoms with van der Waals surface area (Å²) in [4.78, 5) is 14.8. The number of rotatable bonds is 4. The van der Waals surface area contributed by atoms with E-state index < -0.39 is 12.0 Å². The number of hydrogen-bond donors (Lipinski definition) is 4. The first-order chi connectivity index (χ1) is 8.09. The second-order valence-corrected chi connectivity index (χ2v) is 4.41. The molecule has 0 saturated carbocycles. The molecule has 90 valence electrons. The van der Waals surface area contributed by atoms with Gasteiger partial charge in [-0.15, -0.1) is 11.3 Å². The smallest absolute Gasteiger partial charge is 0.248 e. The Morgan fingerprint density at radius 2 is 2.35 bits per heavy atom. The number of fused-ring (bicyclic) bond motifs is 1. The standard InChI is InChI=1S/C10H12N4O2S/c11-8-5(13-3-6(15)10(12)16)1-2-7-9(8)14-4-17-7/h1-2,4,6,13,15H,3,11H2,(H2,12,16). The molecule has 1 aromatic heterocycles. The summed E-state index contributed by atoms with van der Waals surface area (Å²) < 4.78 is 0.989. The Hall–Kier alpha value is -1.86. The third-order valence-electron chi connectivity index (χ3n) is 2.36. The summed E-state index contributed by atoms with van der Waals surface area (Å²) in [6, 6.07) is 3.66. The Morgan fingerprint density at radius 1 is 1.59 bits per heavy atom. The van der Waals surface area contributed by atoms with Crippen molar-refractivity contribution in [2.45, 2.75) is 6.10 Å². The molecule has 0 aliphatic carbocycles. The first-order valence-electron chi connectivity index (χ1n) is 4.92. The van der Waals surface area contributed by atoms with Crippen LogP contribution in [0.25, 0.3) is 10.2 Å². The summed E-state index contributed by atoms with van der Waals surface area (Å²) in [6.45, 7) is 0.0230. The van der Waals surface area contributed by atoms with Gasteiger partial charge in [0, 0.05) is 6.54 Å². The van der Waals surface area contributed by atoms with E-state index in [1.54, 1.807) is 11.6 Å². The summed E-state index contributed by atoms with van der Waals surface area (Å²) in [5.41, 5.74) is 14.4. The van der Waals surface area contributed by atoms with Crippen LogP contribution in [0, 0.1) is 0 Å². The van der Waals surface area contributed by atoms with Crippen molar-refractivity contribution in [3.63, 3.8) is 0 Å². The fourth-order valence-electron chi connectivity index (χ4n) is 1.41. The second kappa shape index (κ2) is 4.56. The van der Waals surface area contributed by atoms with Crippen LogP contribution < -0.4 is 16.8 Å². The highest BCUT2D eigenvalue weighted by Gasteiger charge is 2.12. The minimum atomic E-state index is -1.24. The lowest BCUT2D eigenvalue weighted by molar-refractivity contribution is -0.125. The van der Waals surface area contributed by atoms with Gasteiger partial charge in [0.15, 0.2) is 0 Å². The number of nitrogens with two attached hydrogens (primary N) is 2. The van der Waals surface area contributed by atoms with Crippen LogP contribution in [0.15, 0.2) is 17.6 Å². The zero-order chi connectivity index (χ0) is 12.4. The van der Waals surface area contributed by atoms with E-state index in [2.05, 4.69) is 10.3 Å². The summed E-state index contributed by atoms with van der Waals surface area (Å²) in [5, 5.41) is 12.1. The van der Waals surface area contributed by atoms with Crippen LogP contribution in [-0.4, -0.2) is 28.6 Å². The van der Waals surface area contributed by atoms with Crippen molar-refractivity contribution >= 4 is 38.8 Å². The molecule has 1 atom stereocenters. The number of benzene rings is 1. The van der Waals surface area contributed by atoms with Crippen LogP contribution in [-0.2, 0) is 4.79 Å². The average Bonchev–Trinajstić information content (AvgIpc) is 2.76. The number of amides is 1. The molecule has 2 aromatic rings. The van der Waals surface area contributed by atoms with E-state index in [-0.39, 0.29) is 6.54 Å². The van der Waals surface area contributed by atoms with Crippen molar-refractivity contribution in [3.05, 3.63) is 17.6 Å². The Morgan fingerprint density at radius 3 is 3.06 bits per heavy atom. The lowest BCUT2D eigenvalue weighted by Crippen LogP contribution is -2.34. The van der Waals surface area contributed by atoms with Crippen molar-refractivity contribution in [1.29, 1.82) is 0 Å². The molecule has 6 N–H and O–H groups in total. The van der Waals surface area contributed by atoms with Gasteiger partial charge >= 0.3 is 0 Å². The van der Waals surface area contributed by atoms with Gasteiger partial charge < -0.3 is 21.9 Å². The largest absolute Gasteiger partial charge is 0.395 e. The SMILES string of the molecule is NC(=O)C(O)CNc1ccc2scnc2c1N. The van der Waals surface area contributed by atoms with Crippen molar-refractivity contribution in [3.8, 4) is 0 Å². The number of hydrogen-bond acceptors (Lipinski definition) is 6. The number of carbonyl (C=O) groups is 1. The van der Waals surface area contributed by atoms with Crippen LogP contribution >= 0.6 is 11.3 Å². The Bertz CT molecular complexity index is 554. The molecule has 1 amide bonds. The van der Waals surface area contributed by atoms with E-state index in [1.165, 1.54) is 11.3 Å². The van der Waals surface area contributed by atoms with Crippen LogP contribution in [0.4, 0.5) is 11.4 Å². The molecule has 0 radical (unpaired) electrons. The number of carbonyl (C=O) groups excluding carboxylic acids is 1. The number of aliphatic hydroxyl groups is 1. The first kappa shape index (κ1) is 11.6. The molecule has 6 nitrogen and oxygen atoms in total. The maximum Gasteiger partial charge on any atom is 0.248 e. The zero-order valence-electron chi connectivity index (χ0n) is 8.88. The van der Waals surface area contributed by atoms with Crippen molar-refractivity contribution in [2.75, 3.05) is 17.6 Å². The highest BCUT2D eigenvalue weighted by atomic mass is 32.1. The summed E-state index contributed by atoms with van der Waals surface area (Å²) >= 11 is 1.50. The van der Waals surface area contributed by atoms with Gasteiger partial charge in [-0.1, -0.05) is 0 Å². The fourth-order valence-corrected chi connectivity index (χ4v) is 2.11. The molecule has 0 fully saturated rings. The predicted molar refractivity (Wildman–Crippen MR) is 67.7 cm³/mol. The summed E-state index contributed by atoms with van der Waals surface area (Å²) in [7, 11) is 0. The van der Waals surface area contributed by atoms with Crippen molar-refractivity contribution < 1.29 is 9.90 Å². The van der Waals surface area contributed by atoms with Gasteiger partial charge in [0.05, 0.1) is 21.6 Å². The fraction of sp³-hybridized carbons (Fsp3) is 0.200. The molecule has 17 heavy (non-hydrogen) atoms. The zero-order valence-corrected chi connectivity index (χ0v) is 9.70. The third kappa shape index (κ3) is 2.29. The first-order valence-corrected chi connectivity index (χ1v) is 5.80. The molecule has 1 heterocycles. The molecule has 0 saturated heterocycles. The monoisotopic (exact) mass is 252 g/mol. The molecular weight excluding hydrogens is 240 g/mol. The van der Waals surface area contributed by atoms with Crippen LogP contribution in [0.5, 0.6) is 0 Å². The Balaban J connectivity index is 2.18. The van der Waals surface area contributed by atoms with E-state index >= 15 is 0 Å². The van der Waals surface area contributed by atoms with E-state index in [9.17, 15) is 9.90 Å². The van der Waals surface area contributed by atoms with Gasteiger partial charge in [0.1, 0.15) is 11.6 Å². The molecule has 0 aliphatic rings. The van der Waals surface area contributed by atoms with Gasteiger partial charge in [-0.05, 0) is 12.1 Å². The lowest BCUT2D eigenvalue weighted by Gasteiger charge is -2.11. The minimum Gasteiger partial charge on any atom is -0.395 e. The highest BCUT2D eigenvalue weighted by Crippen LogP contribution is 2.29. The van der Waals surface area contributed by atoms with Gasteiger partial charge in [-0.3, -0.25) is 4.79 Å². The average molecular weight is 252 g/mol. The number of nitrogen functional groups attached to an aromatic ring is 1. The van der Waals surface area contributed by atoms with Gasteiger partial charge in [-0.2, -0.15) is 0 Å². The van der Waals surface area contributed by atoms with E-state index in [0.717, 1.165) is 4.70 Å². The molecule has 0 aliphatic heterocycles. The molecule has 1 unspecified atom stereocenters. The number of nitrogens with zero attached hydrogens (tertiary/aromatic N) is 1. The molecule has 1 aromatic carbocycles. The number of nitrogens with one attached hydrogen (secondary N) is 1. The topological polar surface area (TPSA) is 114 Å². The van der Waals surface area contributed by atoms with Crippen LogP contribution in [0.3, 0.4) is 0 Å². The number of thiazole rings is 1. The number of aromatic nitrogens is 1. The minimum absolute atomic E-state index is 0.0230. The molecule has 2 rings (SSSR count). The molecule has 0 spiro atoms.